The predicted octanol–water partition coefficient (Wildman–Crippen LogP) is 1.92. The highest BCUT2D eigenvalue weighted by Crippen LogP contribution is 2.15. The Hall–Kier alpha value is -1.59. The number of aromatic nitrogens is 2. The molecule has 0 saturated heterocycles. The minimum absolute atomic E-state index is 0.652. The van der Waals surface area contributed by atoms with Crippen LogP contribution in [-0.2, 0) is 11.4 Å². The highest BCUT2D eigenvalue weighted by atomic mass is 16.7. The molecule has 5 nitrogen and oxygen atoms in total. The molecule has 92 valence electrons. The SMILES string of the molecule is CCCN(Cc1nc2ccc(N)cc2[nH]1)OC. The molecule has 0 amide bonds. The number of hydrogen-bond donors (Lipinski definition) is 2. The van der Waals surface area contributed by atoms with E-state index in [0.717, 1.165) is 35.5 Å². The molecule has 0 aliphatic carbocycles. The fourth-order valence-electron chi connectivity index (χ4n) is 1.81. The molecule has 1 aromatic heterocycles. The fourth-order valence-corrected chi connectivity index (χ4v) is 1.81. The Labute approximate surface area is 101 Å². The summed E-state index contributed by atoms with van der Waals surface area (Å²) in [5.41, 5.74) is 8.36. The number of H-pyrrole nitrogens is 1. The number of hydroxylamine groups is 2. The first kappa shape index (κ1) is 11.9. The number of anilines is 1. The highest BCUT2D eigenvalue weighted by Gasteiger charge is 2.08. The zero-order valence-corrected chi connectivity index (χ0v) is 10.2. The van der Waals surface area contributed by atoms with E-state index in [2.05, 4.69) is 16.9 Å². The maximum Gasteiger partial charge on any atom is 0.123 e. The van der Waals surface area contributed by atoms with Gasteiger partial charge in [0.15, 0.2) is 0 Å². The summed E-state index contributed by atoms with van der Waals surface area (Å²) in [7, 11) is 1.68. The predicted molar refractivity (Wildman–Crippen MR) is 68.2 cm³/mol. The van der Waals surface area contributed by atoms with E-state index >= 15 is 0 Å². The quantitative estimate of drug-likeness (QED) is 0.612. The van der Waals surface area contributed by atoms with Gasteiger partial charge in [-0.25, -0.2) is 4.98 Å². The summed E-state index contributed by atoms with van der Waals surface area (Å²) in [5.74, 6) is 0.890. The lowest BCUT2D eigenvalue weighted by Gasteiger charge is -2.16. The number of hydrogen-bond acceptors (Lipinski definition) is 4. The van der Waals surface area contributed by atoms with Gasteiger partial charge in [-0.1, -0.05) is 6.92 Å². The third-order valence-electron chi connectivity index (χ3n) is 2.61. The van der Waals surface area contributed by atoms with Gasteiger partial charge in [-0.15, -0.1) is 0 Å². The van der Waals surface area contributed by atoms with Crippen molar-refractivity contribution >= 4 is 16.7 Å². The number of fused-ring (bicyclic) bond motifs is 1. The van der Waals surface area contributed by atoms with Crippen LogP contribution in [-0.4, -0.2) is 28.7 Å². The van der Waals surface area contributed by atoms with E-state index in [4.69, 9.17) is 10.6 Å². The largest absolute Gasteiger partial charge is 0.399 e. The molecule has 0 spiro atoms. The van der Waals surface area contributed by atoms with Gasteiger partial charge in [0, 0.05) is 12.2 Å². The molecule has 1 aromatic carbocycles. The van der Waals surface area contributed by atoms with E-state index in [-0.39, 0.29) is 0 Å². The minimum Gasteiger partial charge on any atom is -0.399 e. The molecule has 2 aromatic rings. The average molecular weight is 234 g/mol. The number of nitrogens with zero attached hydrogens (tertiary/aromatic N) is 2. The highest BCUT2D eigenvalue weighted by molar-refractivity contribution is 5.78. The molecule has 0 fully saturated rings. The molecule has 2 rings (SSSR count). The van der Waals surface area contributed by atoms with Gasteiger partial charge in [0.2, 0.25) is 0 Å². The van der Waals surface area contributed by atoms with Crippen molar-refractivity contribution in [1.29, 1.82) is 0 Å². The van der Waals surface area contributed by atoms with Gasteiger partial charge in [-0.3, -0.25) is 0 Å². The van der Waals surface area contributed by atoms with Crippen molar-refractivity contribution in [2.24, 2.45) is 0 Å². The van der Waals surface area contributed by atoms with Gasteiger partial charge in [0.05, 0.1) is 24.7 Å². The first-order chi connectivity index (χ1) is 8.22. The molecule has 0 aliphatic rings. The van der Waals surface area contributed by atoms with E-state index in [0.29, 0.717) is 6.54 Å². The van der Waals surface area contributed by atoms with Crippen molar-refractivity contribution in [1.82, 2.24) is 15.0 Å². The van der Waals surface area contributed by atoms with Crippen LogP contribution < -0.4 is 5.73 Å². The maximum absolute atomic E-state index is 5.73. The molecule has 0 saturated carbocycles. The Bertz CT molecular complexity index is 494. The van der Waals surface area contributed by atoms with Crippen LogP contribution in [0, 0.1) is 0 Å². The topological polar surface area (TPSA) is 67.2 Å². The first-order valence-corrected chi connectivity index (χ1v) is 5.76. The van der Waals surface area contributed by atoms with Gasteiger partial charge in [0.25, 0.3) is 0 Å². The van der Waals surface area contributed by atoms with Crippen molar-refractivity contribution in [2.75, 3.05) is 19.4 Å². The van der Waals surface area contributed by atoms with E-state index in [1.807, 2.05) is 23.3 Å². The lowest BCUT2D eigenvalue weighted by Crippen LogP contribution is -2.23. The Balaban J connectivity index is 2.18. The monoisotopic (exact) mass is 234 g/mol. The normalized spacial score (nSPS) is 11.5. The van der Waals surface area contributed by atoms with Gasteiger partial charge >= 0.3 is 0 Å². The zero-order valence-electron chi connectivity index (χ0n) is 10.2. The molecule has 0 radical (unpaired) electrons. The van der Waals surface area contributed by atoms with Crippen LogP contribution in [0.3, 0.4) is 0 Å². The standard InChI is InChI=1S/C12H18N4O/c1-3-6-16(17-2)8-12-14-10-5-4-9(13)7-11(10)15-12/h4-5,7H,3,6,8,13H2,1-2H3,(H,14,15). The summed E-state index contributed by atoms with van der Waals surface area (Å²) in [6.07, 6.45) is 1.04. The Morgan fingerprint density at radius 2 is 2.29 bits per heavy atom. The second kappa shape index (κ2) is 5.16. The second-order valence-corrected chi connectivity index (χ2v) is 4.01. The molecule has 0 atom stereocenters. The van der Waals surface area contributed by atoms with Crippen LogP contribution >= 0.6 is 0 Å². The Kier molecular flexibility index (Phi) is 3.61. The molecular formula is C12H18N4O. The third kappa shape index (κ3) is 2.75. The summed E-state index contributed by atoms with van der Waals surface area (Å²) >= 11 is 0. The maximum atomic E-state index is 5.73. The summed E-state index contributed by atoms with van der Waals surface area (Å²) < 4.78 is 0. The van der Waals surface area contributed by atoms with Crippen molar-refractivity contribution in [3.05, 3.63) is 24.0 Å². The third-order valence-corrected chi connectivity index (χ3v) is 2.61. The van der Waals surface area contributed by atoms with Crippen LogP contribution in [0.15, 0.2) is 18.2 Å². The fraction of sp³-hybridized carbons (Fsp3) is 0.417. The van der Waals surface area contributed by atoms with Crippen LogP contribution in [0.2, 0.25) is 0 Å². The number of nitrogens with one attached hydrogen (secondary N) is 1. The number of benzene rings is 1. The Morgan fingerprint density at radius 1 is 1.47 bits per heavy atom. The number of aromatic amines is 1. The number of nitrogens with two attached hydrogens (primary N) is 1. The van der Waals surface area contributed by atoms with E-state index in [1.165, 1.54) is 0 Å². The molecular weight excluding hydrogens is 216 g/mol. The van der Waals surface area contributed by atoms with Crippen LogP contribution in [0.5, 0.6) is 0 Å². The van der Waals surface area contributed by atoms with E-state index < -0.39 is 0 Å². The molecule has 0 aliphatic heterocycles. The molecule has 17 heavy (non-hydrogen) atoms. The number of rotatable bonds is 5. The van der Waals surface area contributed by atoms with E-state index in [9.17, 15) is 0 Å². The first-order valence-electron chi connectivity index (χ1n) is 5.76. The van der Waals surface area contributed by atoms with Gasteiger partial charge in [0.1, 0.15) is 5.82 Å². The zero-order chi connectivity index (χ0) is 12.3. The minimum atomic E-state index is 0.652. The molecule has 3 N–H and O–H groups in total. The van der Waals surface area contributed by atoms with Crippen molar-refractivity contribution < 1.29 is 4.84 Å². The van der Waals surface area contributed by atoms with Gasteiger partial charge in [-0.05, 0) is 24.6 Å². The van der Waals surface area contributed by atoms with Crippen LogP contribution in [0.4, 0.5) is 5.69 Å². The number of imidazole rings is 1. The van der Waals surface area contributed by atoms with E-state index in [1.54, 1.807) is 7.11 Å². The summed E-state index contributed by atoms with van der Waals surface area (Å²) in [6.45, 7) is 3.65. The van der Waals surface area contributed by atoms with Crippen molar-refractivity contribution in [3.63, 3.8) is 0 Å². The molecule has 1 heterocycles. The molecule has 0 bridgehead atoms. The Morgan fingerprint density at radius 3 is 3.00 bits per heavy atom. The summed E-state index contributed by atoms with van der Waals surface area (Å²) in [6, 6.07) is 5.66. The van der Waals surface area contributed by atoms with Crippen LogP contribution in [0.25, 0.3) is 11.0 Å². The van der Waals surface area contributed by atoms with Crippen LogP contribution in [0.1, 0.15) is 19.2 Å². The smallest absolute Gasteiger partial charge is 0.123 e. The van der Waals surface area contributed by atoms with Gasteiger partial charge < -0.3 is 15.6 Å². The van der Waals surface area contributed by atoms with Gasteiger partial charge in [-0.2, -0.15) is 5.06 Å². The second-order valence-electron chi connectivity index (χ2n) is 4.01. The summed E-state index contributed by atoms with van der Waals surface area (Å²) in [4.78, 5) is 13.0. The summed E-state index contributed by atoms with van der Waals surface area (Å²) in [5, 5.41) is 1.88. The van der Waals surface area contributed by atoms with Crippen molar-refractivity contribution in [2.45, 2.75) is 19.9 Å². The molecule has 0 unspecified atom stereocenters. The molecule has 5 heteroatoms. The van der Waals surface area contributed by atoms with Crippen molar-refractivity contribution in [3.8, 4) is 0 Å². The lowest BCUT2D eigenvalue weighted by atomic mass is 10.3. The average Bonchev–Trinajstić information content (AvgIpc) is 2.69. The number of nitrogen functional groups attached to an aromatic ring is 1. The lowest BCUT2D eigenvalue weighted by molar-refractivity contribution is -0.139.